The molecule has 7 nitrogen and oxygen atoms in total. The molecule has 12 heavy (non-hydrogen) atoms. The van der Waals surface area contributed by atoms with Crippen molar-refractivity contribution in [3.8, 4) is 0 Å². The highest BCUT2D eigenvalue weighted by Gasteiger charge is 2.27. The van der Waals surface area contributed by atoms with Gasteiger partial charge in [0.25, 0.3) is 0 Å². The number of aliphatic hydroxyl groups excluding tert-OH is 2. The molecule has 7 heteroatoms. The summed E-state index contributed by atoms with van der Waals surface area (Å²) in [4.78, 5) is 23.6. The van der Waals surface area contributed by atoms with Crippen LogP contribution in [0, 0.1) is 0 Å². The van der Waals surface area contributed by atoms with E-state index in [0.29, 0.717) is 0 Å². The van der Waals surface area contributed by atoms with Gasteiger partial charge in [0.05, 0.1) is 0 Å². The van der Waals surface area contributed by atoms with E-state index in [4.69, 9.17) is 10.2 Å². The molecule has 4 amide bonds. The Bertz CT molecular complexity index is 187. The second-order valence-electron chi connectivity index (χ2n) is 2.24. The highest BCUT2D eigenvalue weighted by molar-refractivity contribution is 5.95. The van der Waals surface area contributed by atoms with E-state index >= 15 is 0 Å². The first kappa shape index (κ1) is 8.75. The number of urea groups is 2. The minimum absolute atomic E-state index is 0.0995. The molecule has 0 bridgehead atoms. The van der Waals surface area contributed by atoms with Gasteiger partial charge in [0.2, 0.25) is 0 Å². The van der Waals surface area contributed by atoms with E-state index in [0.717, 1.165) is 9.80 Å². The summed E-state index contributed by atoms with van der Waals surface area (Å²) in [6, 6.07) is -1.32. The van der Waals surface area contributed by atoms with Crippen molar-refractivity contribution in [2.45, 2.75) is 0 Å². The zero-order chi connectivity index (χ0) is 9.14. The maximum atomic E-state index is 10.8. The van der Waals surface area contributed by atoms with E-state index in [9.17, 15) is 9.59 Å². The second kappa shape index (κ2) is 3.37. The molecule has 1 fully saturated rings. The van der Waals surface area contributed by atoms with Gasteiger partial charge in [-0.15, -0.1) is 0 Å². The summed E-state index contributed by atoms with van der Waals surface area (Å²) in [5, 5.41) is 19.1. The molecule has 0 aromatic rings. The lowest BCUT2D eigenvalue weighted by Crippen LogP contribution is -2.59. The number of nitrogens with one attached hydrogen (secondary N) is 1. The van der Waals surface area contributed by atoms with E-state index in [1.54, 1.807) is 0 Å². The molecule has 0 aromatic carbocycles. The van der Waals surface area contributed by atoms with Crippen molar-refractivity contribution in [3.63, 3.8) is 0 Å². The summed E-state index contributed by atoms with van der Waals surface area (Å²) >= 11 is 0. The lowest BCUT2D eigenvalue weighted by Gasteiger charge is -2.32. The third kappa shape index (κ3) is 1.46. The zero-order valence-electron chi connectivity index (χ0n) is 6.23. The predicted octanol–water partition coefficient (Wildman–Crippen LogP) is -1.71. The van der Waals surface area contributed by atoms with Gasteiger partial charge in [-0.3, -0.25) is 15.1 Å². The molecule has 0 aromatic heterocycles. The number of imide groups is 1. The summed E-state index contributed by atoms with van der Waals surface area (Å²) in [7, 11) is 0. The summed E-state index contributed by atoms with van der Waals surface area (Å²) < 4.78 is 0. The lowest BCUT2D eigenvalue weighted by atomic mass is 10.6. The van der Waals surface area contributed by atoms with Crippen molar-refractivity contribution in [2.75, 3.05) is 20.1 Å². The highest BCUT2D eigenvalue weighted by Crippen LogP contribution is 2.00. The van der Waals surface area contributed by atoms with Crippen LogP contribution in [-0.4, -0.2) is 52.2 Å². The van der Waals surface area contributed by atoms with E-state index in [1.165, 1.54) is 0 Å². The molecule has 1 heterocycles. The number of carbonyl (C=O) groups excluding carboxylic acids is 2. The standard InChI is InChI=1S/C5H9N3O4/c9-2-7-1-8(3-10)5(12)6-4(7)11/h9-10H,1-3H2,(H,6,11,12). The van der Waals surface area contributed by atoms with Crippen molar-refractivity contribution in [1.29, 1.82) is 0 Å². The monoisotopic (exact) mass is 175 g/mol. The van der Waals surface area contributed by atoms with E-state index in [2.05, 4.69) is 0 Å². The van der Waals surface area contributed by atoms with Crippen molar-refractivity contribution in [1.82, 2.24) is 15.1 Å². The fourth-order valence-corrected chi connectivity index (χ4v) is 0.802. The van der Waals surface area contributed by atoms with Gasteiger partial charge < -0.3 is 10.2 Å². The largest absolute Gasteiger partial charge is 0.376 e. The first-order valence-electron chi connectivity index (χ1n) is 3.25. The fourth-order valence-electron chi connectivity index (χ4n) is 0.802. The molecule has 0 unspecified atom stereocenters. The zero-order valence-corrected chi connectivity index (χ0v) is 6.23. The third-order valence-electron chi connectivity index (χ3n) is 1.47. The van der Waals surface area contributed by atoms with Crippen molar-refractivity contribution in [2.24, 2.45) is 0 Å². The highest BCUT2D eigenvalue weighted by atomic mass is 16.3. The molecular weight excluding hydrogens is 166 g/mol. The number of nitrogens with zero attached hydrogens (tertiary/aromatic N) is 2. The number of hydrogen-bond acceptors (Lipinski definition) is 4. The second-order valence-corrected chi connectivity index (χ2v) is 2.24. The van der Waals surface area contributed by atoms with Crippen LogP contribution in [0.15, 0.2) is 0 Å². The summed E-state index contributed by atoms with van der Waals surface area (Å²) in [6.07, 6.45) is 0. The average molecular weight is 175 g/mol. The van der Waals surface area contributed by atoms with Gasteiger partial charge in [0.15, 0.2) is 0 Å². The molecule has 0 atom stereocenters. The van der Waals surface area contributed by atoms with Gasteiger partial charge in [-0.25, -0.2) is 9.59 Å². The van der Waals surface area contributed by atoms with Crippen LogP contribution in [0.4, 0.5) is 9.59 Å². The molecular formula is C5H9N3O4. The van der Waals surface area contributed by atoms with Gasteiger partial charge in [-0.2, -0.15) is 0 Å². The van der Waals surface area contributed by atoms with E-state index < -0.39 is 25.5 Å². The average Bonchev–Trinajstić information content (AvgIpc) is 2.05. The van der Waals surface area contributed by atoms with Crippen molar-refractivity contribution >= 4 is 12.1 Å². The Labute approximate surface area is 68.2 Å². The van der Waals surface area contributed by atoms with E-state index in [-0.39, 0.29) is 6.67 Å². The third-order valence-corrected chi connectivity index (χ3v) is 1.47. The number of aliphatic hydroxyl groups is 2. The van der Waals surface area contributed by atoms with Gasteiger partial charge in [-0.05, 0) is 0 Å². The number of amides is 4. The molecule has 1 aliphatic heterocycles. The predicted molar refractivity (Wildman–Crippen MR) is 36.6 cm³/mol. The molecule has 0 saturated carbocycles. The quantitative estimate of drug-likeness (QED) is 0.466. The number of carbonyl (C=O) groups is 2. The van der Waals surface area contributed by atoms with Crippen LogP contribution in [0.25, 0.3) is 0 Å². The Hall–Kier alpha value is -1.34. The minimum Gasteiger partial charge on any atom is -0.376 e. The van der Waals surface area contributed by atoms with Gasteiger partial charge in [0, 0.05) is 0 Å². The molecule has 1 rings (SSSR count). The normalized spacial score (nSPS) is 18.2. The summed E-state index contributed by atoms with van der Waals surface area (Å²) in [5.41, 5.74) is 0. The van der Waals surface area contributed by atoms with Crippen LogP contribution in [-0.2, 0) is 0 Å². The van der Waals surface area contributed by atoms with Crippen LogP contribution < -0.4 is 5.32 Å². The fraction of sp³-hybridized carbons (Fsp3) is 0.600. The van der Waals surface area contributed by atoms with E-state index in [1.807, 2.05) is 5.32 Å². The van der Waals surface area contributed by atoms with Gasteiger partial charge in [-0.1, -0.05) is 0 Å². The first-order chi connectivity index (χ1) is 5.69. The Kier molecular flexibility index (Phi) is 2.46. The molecule has 1 saturated heterocycles. The molecule has 0 aliphatic carbocycles. The summed E-state index contributed by atoms with van der Waals surface area (Å²) in [6.45, 7) is -1.08. The van der Waals surface area contributed by atoms with Crippen LogP contribution in [0.2, 0.25) is 0 Å². The van der Waals surface area contributed by atoms with Crippen molar-refractivity contribution in [3.05, 3.63) is 0 Å². The summed E-state index contributed by atoms with van der Waals surface area (Å²) in [5.74, 6) is 0. The molecule has 1 aliphatic rings. The molecule has 3 N–H and O–H groups in total. The smallest absolute Gasteiger partial charge is 0.328 e. The Morgan fingerprint density at radius 2 is 1.58 bits per heavy atom. The maximum Gasteiger partial charge on any atom is 0.328 e. The Morgan fingerprint density at radius 1 is 1.17 bits per heavy atom. The SMILES string of the molecule is O=C1NC(=O)N(CO)CN1CO. The van der Waals surface area contributed by atoms with Crippen LogP contribution >= 0.6 is 0 Å². The molecule has 0 radical (unpaired) electrons. The van der Waals surface area contributed by atoms with Gasteiger partial charge >= 0.3 is 12.1 Å². The number of rotatable bonds is 2. The van der Waals surface area contributed by atoms with Gasteiger partial charge in [0.1, 0.15) is 20.1 Å². The Balaban J connectivity index is 2.62. The van der Waals surface area contributed by atoms with Crippen molar-refractivity contribution < 1.29 is 19.8 Å². The topological polar surface area (TPSA) is 93.1 Å². The molecule has 68 valence electrons. The van der Waals surface area contributed by atoms with Crippen LogP contribution in [0.1, 0.15) is 0 Å². The maximum absolute atomic E-state index is 10.8. The first-order valence-corrected chi connectivity index (χ1v) is 3.25. The Morgan fingerprint density at radius 3 is 1.92 bits per heavy atom. The molecule has 0 spiro atoms. The van der Waals surface area contributed by atoms with Crippen LogP contribution in [0.3, 0.4) is 0 Å². The minimum atomic E-state index is -0.660. The van der Waals surface area contributed by atoms with Crippen LogP contribution in [0.5, 0.6) is 0 Å². The lowest BCUT2D eigenvalue weighted by molar-refractivity contribution is 0.0361. The number of hydrogen-bond donors (Lipinski definition) is 3.